The van der Waals surface area contributed by atoms with Crippen molar-refractivity contribution >= 4 is 0 Å². The molecule has 242 valence electrons. The van der Waals surface area contributed by atoms with Gasteiger partial charge in [-0.15, -0.1) is 0 Å². The first-order valence-corrected chi connectivity index (χ1v) is 17.1. The summed E-state index contributed by atoms with van der Waals surface area (Å²) in [5, 5.41) is 41.5. The van der Waals surface area contributed by atoms with Crippen LogP contribution in [0.25, 0.3) is 0 Å². The van der Waals surface area contributed by atoms with E-state index >= 15 is 0 Å². The highest BCUT2D eigenvalue weighted by molar-refractivity contribution is 5.19. The van der Waals surface area contributed by atoms with Gasteiger partial charge in [0.15, 0.2) is 6.29 Å². The molecule has 4 saturated carbocycles. The Bertz CT molecular complexity index is 1030. The van der Waals surface area contributed by atoms with Crippen molar-refractivity contribution < 1.29 is 34.6 Å². The van der Waals surface area contributed by atoms with E-state index in [4.69, 9.17) is 14.2 Å². The Morgan fingerprint density at radius 1 is 0.714 bits per heavy atom. The van der Waals surface area contributed by atoms with Crippen LogP contribution in [0.2, 0.25) is 0 Å². The summed E-state index contributed by atoms with van der Waals surface area (Å²) < 4.78 is 18.9. The maximum Gasteiger partial charge on any atom is 0.186 e. The quantitative estimate of drug-likeness (QED) is 0.332. The van der Waals surface area contributed by atoms with Crippen LogP contribution in [0.4, 0.5) is 0 Å². The zero-order chi connectivity index (χ0) is 30.7. The van der Waals surface area contributed by atoms with E-state index in [-0.39, 0.29) is 46.1 Å². The zero-order valence-corrected chi connectivity index (χ0v) is 27.6. The normalized spacial score (nSPS) is 56.0. The minimum absolute atomic E-state index is 0.0269. The number of hydrogen-bond donors (Lipinski definition) is 4. The first-order valence-electron chi connectivity index (χ1n) is 17.1. The largest absolute Gasteiger partial charge is 0.388 e. The Labute approximate surface area is 254 Å². The number of hydrogen-bond acceptors (Lipinski definition) is 7. The highest BCUT2D eigenvalue weighted by Crippen LogP contribution is 2.76. The molecule has 2 heterocycles. The van der Waals surface area contributed by atoms with Crippen LogP contribution < -0.4 is 0 Å². The van der Waals surface area contributed by atoms with Crippen molar-refractivity contribution in [2.24, 2.45) is 45.3 Å². The molecule has 6 fully saturated rings. The molecule has 4 aliphatic carbocycles. The summed E-state index contributed by atoms with van der Waals surface area (Å²) in [7, 11) is 0. The third-order valence-electron chi connectivity index (χ3n) is 15.0. The minimum atomic E-state index is -1.25. The van der Waals surface area contributed by atoms with E-state index in [9.17, 15) is 20.4 Å². The van der Waals surface area contributed by atoms with Crippen molar-refractivity contribution in [3.05, 3.63) is 0 Å². The molecule has 0 radical (unpaired) electrons. The monoisotopic (exact) mass is 592 g/mol. The van der Waals surface area contributed by atoms with Crippen LogP contribution in [0.1, 0.15) is 120 Å². The molecule has 0 aromatic rings. The third-order valence-corrected chi connectivity index (χ3v) is 15.0. The molecule has 4 N–H and O–H groups in total. The number of aliphatic hydroxyl groups excluding tert-OH is 3. The maximum atomic E-state index is 10.7. The van der Waals surface area contributed by atoms with Crippen molar-refractivity contribution in [3.63, 3.8) is 0 Å². The number of rotatable bonds is 4. The maximum absolute atomic E-state index is 10.7. The standard InChI is InChI=1S/C35H60O7/c1-30(2)23-12-17-34(7)24(32(23,5)15-13-25(30)41-29-28(38)27(37)22(36)19-40-29)10-9-20-21(11-16-33(20,34)6)35(8)18-14-26(42-35)31(3,4)39/h20-29,36-39H,9-19H2,1-8H3/t20-,21-,22+,23-,24-,25-,26+,27-,28+,29-,32-,33+,34+,35-/m0/s1. The number of ether oxygens (including phenoxy) is 3. The number of aliphatic hydroxyl groups is 4. The lowest BCUT2D eigenvalue weighted by Gasteiger charge is -2.70. The highest BCUT2D eigenvalue weighted by atomic mass is 16.7. The summed E-state index contributed by atoms with van der Waals surface area (Å²) in [5.41, 5.74) is -0.289. The Morgan fingerprint density at radius 3 is 2.07 bits per heavy atom. The van der Waals surface area contributed by atoms with Crippen LogP contribution in [-0.4, -0.2) is 75.0 Å². The average Bonchev–Trinajstić information content (AvgIpc) is 3.48. The highest BCUT2D eigenvalue weighted by Gasteiger charge is 2.70. The summed E-state index contributed by atoms with van der Waals surface area (Å²) in [6, 6.07) is 0. The Balaban J connectivity index is 1.21. The van der Waals surface area contributed by atoms with Crippen LogP contribution in [-0.2, 0) is 14.2 Å². The van der Waals surface area contributed by atoms with E-state index in [0.717, 1.165) is 25.7 Å². The fraction of sp³-hybridized carbons (Fsp3) is 1.00. The summed E-state index contributed by atoms with van der Waals surface area (Å²) >= 11 is 0. The Hall–Kier alpha value is -0.280. The second-order valence-corrected chi connectivity index (χ2v) is 17.7. The van der Waals surface area contributed by atoms with E-state index in [1.807, 2.05) is 13.8 Å². The second kappa shape index (κ2) is 10.1. The molecular weight excluding hydrogens is 532 g/mol. The van der Waals surface area contributed by atoms with Gasteiger partial charge in [0.2, 0.25) is 0 Å². The molecule has 7 nitrogen and oxygen atoms in total. The van der Waals surface area contributed by atoms with Gasteiger partial charge in [0, 0.05) is 0 Å². The lowest BCUT2D eigenvalue weighted by molar-refractivity contribution is -0.310. The van der Waals surface area contributed by atoms with Crippen molar-refractivity contribution in [1.29, 1.82) is 0 Å². The smallest absolute Gasteiger partial charge is 0.186 e. The second-order valence-electron chi connectivity index (χ2n) is 17.7. The fourth-order valence-corrected chi connectivity index (χ4v) is 12.4. The van der Waals surface area contributed by atoms with Gasteiger partial charge in [0.1, 0.15) is 18.3 Å². The molecule has 0 bridgehead atoms. The third kappa shape index (κ3) is 4.45. The van der Waals surface area contributed by atoms with E-state index < -0.39 is 30.2 Å². The van der Waals surface area contributed by atoms with Gasteiger partial charge in [0.05, 0.1) is 30.0 Å². The van der Waals surface area contributed by atoms with Gasteiger partial charge in [-0.3, -0.25) is 0 Å². The minimum Gasteiger partial charge on any atom is -0.388 e. The van der Waals surface area contributed by atoms with Crippen LogP contribution in [0, 0.1) is 45.3 Å². The molecule has 0 amide bonds. The van der Waals surface area contributed by atoms with Crippen LogP contribution in [0.15, 0.2) is 0 Å². The first kappa shape index (κ1) is 31.7. The Kier molecular flexibility index (Phi) is 7.63. The van der Waals surface area contributed by atoms with Gasteiger partial charge in [-0.1, -0.05) is 34.6 Å². The predicted octanol–water partition coefficient (Wildman–Crippen LogP) is 5.20. The molecule has 7 heteroatoms. The molecular formula is C35H60O7. The first-order chi connectivity index (χ1) is 19.4. The summed E-state index contributed by atoms with van der Waals surface area (Å²) in [6.07, 6.45) is 6.76. The van der Waals surface area contributed by atoms with Crippen molar-refractivity contribution in [2.45, 2.75) is 168 Å². The molecule has 0 unspecified atom stereocenters. The summed E-state index contributed by atoms with van der Waals surface area (Å²) in [4.78, 5) is 0. The lowest BCUT2D eigenvalue weighted by Crippen LogP contribution is -2.65. The van der Waals surface area contributed by atoms with E-state index in [1.54, 1.807) is 0 Å². The molecule has 0 spiro atoms. The average molecular weight is 593 g/mol. The summed E-state index contributed by atoms with van der Waals surface area (Å²) in [5.74, 6) is 2.36. The van der Waals surface area contributed by atoms with Gasteiger partial charge in [0.25, 0.3) is 0 Å². The van der Waals surface area contributed by atoms with Gasteiger partial charge in [-0.05, 0) is 130 Å². The van der Waals surface area contributed by atoms with Crippen molar-refractivity contribution in [1.82, 2.24) is 0 Å². The van der Waals surface area contributed by atoms with Crippen molar-refractivity contribution in [3.8, 4) is 0 Å². The summed E-state index contributed by atoms with van der Waals surface area (Å²) in [6.45, 7) is 18.6. The van der Waals surface area contributed by atoms with Crippen LogP contribution in [0.3, 0.4) is 0 Å². The molecule has 14 atom stereocenters. The lowest BCUT2D eigenvalue weighted by atomic mass is 9.35. The van der Waals surface area contributed by atoms with E-state index in [0.29, 0.717) is 23.7 Å². The predicted molar refractivity (Wildman–Crippen MR) is 160 cm³/mol. The van der Waals surface area contributed by atoms with Gasteiger partial charge in [-0.25, -0.2) is 0 Å². The molecule has 2 saturated heterocycles. The molecule has 6 aliphatic rings. The van der Waals surface area contributed by atoms with Crippen LogP contribution >= 0.6 is 0 Å². The molecule has 6 rings (SSSR count). The van der Waals surface area contributed by atoms with Crippen LogP contribution in [0.5, 0.6) is 0 Å². The molecule has 2 aliphatic heterocycles. The topological polar surface area (TPSA) is 109 Å². The fourth-order valence-electron chi connectivity index (χ4n) is 12.4. The molecule has 0 aromatic heterocycles. The van der Waals surface area contributed by atoms with Gasteiger partial charge < -0.3 is 34.6 Å². The van der Waals surface area contributed by atoms with Crippen molar-refractivity contribution in [2.75, 3.05) is 6.61 Å². The van der Waals surface area contributed by atoms with Gasteiger partial charge >= 0.3 is 0 Å². The molecule has 0 aromatic carbocycles. The van der Waals surface area contributed by atoms with Gasteiger partial charge in [-0.2, -0.15) is 0 Å². The molecule has 42 heavy (non-hydrogen) atoms. The zero-order valence-electron chi connectivity index (χ0n) is 27.6. The van der Waals surface area contributed by atoms with E-state index in [1.165, 1.54) is 38.5 Å². The number of fused-ring (bicyclic) bond motifs is 5. The SMILES string of the molecule is CC(C)(O)[C@H]1CC[C@@](C)([C@H]2CC[C@]3(C)[C@H]2CC[C@H]2[C@@]4(C)CC[C@H](O[C@@H]5OC[C@@H](O)[C@H](O)[C@H]5O)C(C)(C)[C@@H]4CC[C@]23C)O1. The van der Waals surface area contributed by atoms with E-state index in [2.05, 4.69) is 41.5 Å². The Morgan fingerprint density at radius 2 is 1.40 bits per heavy atom.